The Labute approximate surface area is 184 Å². The van der Waals surface area contributed by atoms with Gasteiger partial charge in [0.1, 0.15) is 5.75 Å². The largest absolute Gasteiger partial charge is 0.497 e. The summed E-state index contributed by atoms with van der Waals surface area (Å²) in [6.07, 6.45) is 3.88. The average molecular weight is 438 g/mol. The Morgan fingerprint density at radius 3 is 2.67 bits per heavy atom. The standard InChI is InChI=1S/C23H20ClN3O2S/c1-14-11-16(13-27(14)17-7-9-18(29-3)10-8-17)12-21-22(28)26-23(30-21)25-20-6-4-5-19(24)15(20)2/h4-13H,1-3H3,(H,25,26,28)/b21-12+. The summed E-state index contributed by atoms with van der Waals surface area (Å²) >= 11 is 7.48. The molecule has 4 rings (SSSR count). The van der Waals surface area contributed by atoms with Crippen LogP contribution in [0, 0.1) is 13.8 Å². The van der Waals surface area contributed by atoms with Crippen molar-refractivity contribution >= 4 is 46.2 Å². The quantitative estimate of drug-likeness (QED) is 0.537. The second kappa shape index (κ2) is 8.42. The van der Waals surface area contributed by atoms with Crippen molar-refractivity contribution in [2.75, 3.05) is 7.11 Å². The van der Waals surface area contributed by atoms with Crippen molar-refractivity contribution in [1.29, 1.82) is 0 Å². The molecule has 1 aromatic heterocycles. The van der Waals surface area contributed by atoms with Gasteiger partial charge in [-0.1, -0.05) is 17.7 Å². The molecule has 0 aliphatic carbocycles. The molecule has 0 atom stereocenters. The Morgan fingerprint density at radius 1 is 1.17 bits per heavy atom. The van der Waals surface area contributed by atoms with Gasteiger partial charge in [0.05, 0.1) is 17.7 Å². The summed E-state index contributed by atoms with van der Waals surface area (Å²) in [5.41, 5.74) is 4.67. The molecule has 2 heterocycles. The zero-order valence-electron chi connectivity index (χ0n) is 16.8. The number of hydrogen-bond donors (Lipinski definition) is 1. The number of aliphatic imine (C=N–C) groups is 1. The van der Waals surface area contributed by atoms with Gasteiger partial charge in [-0.3, -0.25) is 4.79 Å². The van der Waals surface area contributed by atoms with Crippen LogP contribution in [0.15, 0.2) is 64.6 Å². The predicted molar refractivity (Wildman–Crippen MR) is 124 cm³/mol. The van der Waals surface area contributed by atoms with Crippen molar-refractivity contribution < 1.29 is 9.53 Å². The van der Waals surface area contributed by atoms with Crippen molar-refractivity contribution in [2.45, 2.75) is 13.8 Å². The first-order valence-electron chi connectivity index (χ1n) is 9.33. The number of rotatable bonds is 4. The van der Waals surface area contributed by atoms with E-state index in [1.54, 1.807) is 7.11 Å². The van der Waals surface area contributed by atoms with E-state index in [9.17, 15) is 4.79 Å². The summed E-state index contributed by atoms with van der Waals surface area (Å²) in [6, 6.07) is 15.4. The maximum absolute atomic E-state index is 12.4. The Kier molecular flexibility index (Phi) is 5.70. The minimum Gasteiger partial charge on any atom is -0.497 e. The molecule has 0 unspecified atom stereocenters. The molecule has 3 aromatic rings. The van der Waals surface area contributed by atoms with Gasteiger partial charge in [-0.25, -0.2) is 4.99 Å². The van der Waals surface area contributed by atoms with Crippen molar-refractivity contribution in [3.63, 3.8) is 0 Å². The zero-order valence-corrected chi connectivity index (χ0v) is 18.3. The smallest absolute Gasteiger partial charge is 0.264 e. The van der Waals surface area contributed by atoms with E-state index in [4.69, 9.17) is 16.3 Å². The number of halogens is 1. The highest BCUT2D eigenvalue weighted by atomic mass is 35.5. The fourth-order valence-electron chi connectivity index (χ4n) is 3.16. The van der Waals surface area contributed by atoms with E-state index in [0.717, 1.165) is 33.9 Å². The minimum atomic E-state index is -0.159. The SMILES string of the molecule is COc1ccc(-n2cc(/C=C3/SC(=Nc4cccc(Cl)c4C)NC3=O)cc2C)cc1. The minimum absolute atomic E-state index is 0.159. The number of benzene rings is 2. The lowest BCUT2D eigenvalue weighted by atomic mass is 10.2. The summed E-state index contributed by atoms with van der Waals surface area (Å²) in [4.78, 5) is 17.6. The molecule has 1 aliphatic rings. The monoisotopic (exact) mass is 437 g/mol. The molecule has 0 saturated carbocycles. The van der Waals surface area contributed by atoms with Crippen LogP contribution in [0.4, 0.5) is 5.69 Å². The number of nitrogens with zero attached hydrogens (tertiary/aromatic N) is 2. The van der Waals surface area contributed by atoms with E-state index in [-0.39, 0.29) is 5.91 Å². The van der Waals surface area contributed by atoms with Gasteiger partial charge < -0.3 is 14.6 Å². The average Bonchev–Trinajstić information content (AvgIpc) is 3.27. The number of carbonyl (C=O) groups excluding carboxylic acids is 1. The fraction of sp³-hybridized carbons (Fsp3) is 0.130. The molecule has 1 N–H and O–H groups in total. The first-order valence-corrected chi connectivity index (χ1v) is 10.5. The first-order chi connectivity index (χ1) is 14.4. The molecule has 1 aliphatic heterocycles. The van der Waals surface area contributed by atoms with Crippen molar-refractivity contribution in [1.82, 2.24) is 9.88 Å². The van der Waals surface area contributed by atoms with Crippen molar-refractivity contribution in [3.8, 4) is 11.4 Å². The van der Waals surface area contributed by atoms with Crippen LogP contribution >= 0.6 is 23.4 Å². The predicted octanol–water partition coefficient (Wildman–Crippen LogP) is 5.65. The van der Waals surface area contributed by atoms with Gasteiger partial charge in [0, 0.05) is 22.6 Å². The summed E-state index contributed by atoms with van der Waals surface area (Å²) < 4.78 is 7.30. The lowest BCUT2D eigenvalue weighted by molar-refractivity contribution is -0.115. The molecule has 0 radical (unpaired) electrons. The number of amides is 1. The number of thioether (sulfide) groups is 1. The Balaban J connectivity index is 1.58. The third-order valence-electron chi connectivity index (χ3n) is 4.79. The van der Waals surface area contributed by atoms with Crippen LogP contribution in [-0.2, 0) is 4.79 Å². The lowest BCUT2D eigenvalue weighted by Gasteiger charge is -2.06. The number of methoxy groups -OCH3 is 1. The molecule has 1 amide bonds. The molecule has 0 bridgehead atoms. The van der Waals surface area contributed by atoms with E-state index in [1.807, 2.05) is 74.7 Å². The van der Waals surface area contributed by atoms with Gasteiger partial charge in [0.15, 0.2) is 5.17 Å². The Bertz CT molecular complexity index is 1180. The molecule has 1 saturated heterocycles. The molecule has 152 valence electrons. The lowest BCUT2D eigenvalue weighted by Crippen LogP contribution is -2.19. The van der Waals surface area contributed by atoms with Gasteiger partial charge in [0.2, 0.25) is 0 Å². The Morgan fingerprint density at radius 2 is 1.93 bits per heavy atom. The van der Waals surface area contributed by atoms with Crippen LogP contribution in [0.3, 0.4) is 0 Å². The number of aromatic nitrogens is 1. The van der Waals surface area contributed by atoms with Crippen LogP contribution in [0.1, 0.15) is 16.8 Å². The van der Waals surface area contributed by atoms with Crippen LogP contribution in [0.2, 0.25) is 5.02 Å². The highest BCUT2D eigenvalue weighted by Crippen LogP contribution is 2.31. The van der Waals surface area contributed by atoms with E-state index in [0.29, 0.717) is 15.1 Å². The van der Waals surface area contributed by atoms with Gasteiger partial charge >= 0.3 is 0 Å². The number of nitrogens with one attached hydrogen (secondary N) is 1. The third-order valence-corrected chi connectivity index (χ3v) is 6.11. The molecule has 5 nitrogen and oxygen atoms in total. The van der Waals surface area contributed by atoms with Gasteiger partial charge in [-0.05, 0) is 85.3 Å². The maximum atomic E-state index is 12.4. The van der Waals surface area contributed by atoms with Crippen LogP contribution < -0.4 is 10.1 Å². The van der Waals surface area contributed by atoms with Crippen molar-refractivity contribution in [2.24, 2.45) is 4.99 Å². The van der Waals surface area contributed by atoms with Crippen LogP contribution in [-0.4, -0.2) is 22.8 Å². The second-order valence-electron chi connectivity index (χ2n) is 6.85. The zero-order chi connectivity index (χ0) is 21.3. The molecule has 30 heavy (non-hydrogen) atoms. The molecule has 1 fully saturated rings. The second-order valence-corrected chi connectivity index (χ2v) is 8.29. The summed E-state index contributed by atoms with van der Waals surface area (Å²) in [7, 11) is 1.65. The highest BCUT2D eigenvalue weighted by molar-refractivity contribution is 8.18. The first kappa shape index (κ1) is 20.3. The number of amidine groups is 1. The summed E-state index contributed by atoms with van der Waals surface area (Å²) in [5, 5.41) is 4.02. The molecule has 7 heteroatoms. The molecular formula is C23H20ClN3O2S. The van der Waals surface area contributed by atoms with Crippen molar-refractivity contribution in [3.05, 3.63) is 81.5 Å². The van der Waals surface area contributed by atoms with E-state index in [2.05, 4.69) is 14.9 Å². The van der Waals surface area contributed by atoms with Crippen LogP contribution in [0.5, 0.6) is 5.75 Å². The summed E-state index contributed by atoms with van der Waals surface area (Å²) in [5.74, 6) is 0.653. The van der Waals surface area contributed by atoms with E-state index in [1.165, 1.54) is 11.8 Å². The number of aryl methyl sites for hydroxylation is 1. The Hall–Kier alpha value is -2.96. The van der Waals surface area contributed by atoms with E-state index < -0.39 is 0 Å². The maximum Gasteiger partial charge on any atom is 0.264 e. The molecular weight excluding hydrogens is 418 g/mol. The van der Waals surface area contributed by atoms with Gasteiger partial charge in [-0.2, -0.15) is 0 Å². The van der Waals surface area contributed by atoms with Crippen LogP contribution in [0.25, 0.3) is 11.8 Å². The number of ether oxygens (including phenoxy) is 1. The normalized spacial score (nSPS) is 16.3. The van der Waals surface area contributed by atoms with Gasteiger partial charge in [-0.15, -0.1) is 0 Å². The van der Waals surface area contributed by atoms with Gasteiger partial charge in [0.25, 0.3) is 5.91 Å². The third kappa shape index (κ3) is 4.15. The number of hydrogen-bond acceptors (Lipinski definition) is 4. The number of carbonyl (C=O) groups is 1. The van der Waals surface area contributed by atoms with E-state index >= 15 is 0 Å². The molecule has 0 spiro atoms. The highest BCUT2D eigenvalue weighted by Gasteiger charge is 2.24. The summed E-state index contributed by atoms with van der Waals surface area (Å²) in [6.45, 7) is 3.94. The topological polar surface area (TPSA) is 55.6 Å². The fourth-order valence-corrected chi connectivity index (χ4v) is 4.16. The molecule has 2 aromatic carbocycles.